The van der Waals surface area contributed by atoms with Crippen LogP contribution in [0.3, 0.4) is 0 Å². The molecule has 6 nitrogen and oxygen atoms in total. The number of carbonyl (C=O) groups excluding carboxylic acids is 1. The molecule has 0 saturated heterocycles. The van der Waals surface area contributed by atoms with Gasteiger partial charge in [-0.3, -0.25) is 9.36 Å². The second-order valence-electron chi connectivity index (χ2n) is 7.36. The zero-order chi connectivity index (χ0) is 21.5. The van der Waals surface area contributed by atoms with E-state index in [4.69, 9.17) is 0 Å². The van der Waals surface area contributed by atoms with E-state index in [9.17, 15) is 14.0 Å². The number of aromatic nitrogens is 2. The average Bonchev–Trinajstić information content (AvgIpc) is 3.21. The number of benzene rings is 1. The van der Waals surface area contributed by atoms with Crippen molar-refractivity contribution < 1.29 is 9.18 Å². The predicted molar refractivity (Wildman–Crippen MR) is 119 cm³/mol. The first-order chi connectivity index (χ1) is 14.5. The summed E-state index contributed by atoms with van der Waals surface area (Å²) in [6, 6.07) is 5.79. The monoisotopic (exact) mass is 432 g/mol. The van der Waals surface area contributed by atoms with Crippen molar-refractivity contribution in [1.82, 2.24) is 14.5 Å². The van der Waals surface area contributed by atoms with E-state index in [0.29, 0.717) is 17.3 Å². The standard InChI is InChI=1S/C22H29FN4O2S/c1-3-26(4-2)12-7-13-27-19-11-6-10-18(19)21(25-22(27)29)30-15-20(28)24-17-9-5-8-16(23)14-17/h5,8-9,14H,3-4,6-7,10-13,15H2,1-2H3,(H,24,28). The van der Waals surface area contributed by atoms with Crippen molar-refractivity contribution in [2.45, 2.75) is 51.1 Å². The number of nitrogens with zero attached hydrogens (tertiary/aromatic N) is 3. The molecular formula is C22H29FN4O2S. The van der Waals surface area contributed by atoms with Crippen LogP contribution in [0, 0.1) is 5.82 Å². The molecule has 1 aromatic heterocycles. The van der Waals surface area contributed by atoms with Gasteiger partial charge < -0.3 is 10.2 Å². The molecule has 2 aromatic rings. The van der Waals surface area contributed by atoms with Crippen molar-refractivity contribution in [3.8, 4) is 0 Å². The fourth-order valence-electron chi connectivity index (χ4n) is 3.83. The van der Waals surface area contributed by atoms with Crippen LogP contribution in [-0.2, 0) is 24.2 Å². The van der Waals surface area contributed by atoms with Crippen molar-refractivity contribution >= 4 is 23.4 Å². The summed E-state index contributed by atoms with van der Waals surface area (Å²) in [5.74, 6) is -0.520. The Morgan fingerprint density at radius 3 is 2.83 bits per heavy atom. The Kier molecular flexibility index (Phi) is 8.04. The molecule has 0 radical (unpaired) electrons. The first kappa shape index (κ1) is 22.5. The molecule has 0 bridgehead atoms. The lowest BCUT2D eigenvalue weighted by atomic mass is 10.2. The highest BCUT2D eigenvalue weighted by Gasteiger charge is 2.22. The lowest BCUT2D eigenvalue weighted by Crippen LogP contribution is -2.30. The van der Waals surface area contributed by atoms with Crippen LogP contribution in [0.25, 0.3) is 0 Å². The van der Waals surface area contributed by atoms with E-state index in [-0.39, 0.29) is 17.3 Å². The second kappa shape index (κ2) is 10.7. The van der Waals surface area contributed by atoms with Gasteiger partial charge in [-0.2, -0.15) is 4.98 Å². The summed E-state index contributed by atoms with van der Waals surface area (Å²) in [5.41, 5.74) is 2.36. The molecule has 1 heterocycles. The van der Waals surface area contributed by atoms with Gasteiger partial charge in [0, 0.05) is 23.5 Å². The van der Waals surface area contributed by atoms with E-state index in [1.807, 2.05) is 4.57 Å². The van der Waals surface area contributed by atoms with Crippen molar-refractivity contribution in [2.75, 3.05) is 30.7 Å². The van der Waals surface area contributed by atoms with E-state index in [2.05, 4.69) is 29.0 Å². The summed E-state index contributed by atoms with van der Waals surface area (Å²) in [7, 11) is 0. The van der Waals surface area contributed by atoms with Crippen molar-refractivity contribution in [3.05, 3.63) is 51.8 Å². The second-order valence-corrected chi connectivity index (χ2v) is 8.32. The van der Waals surface area contributed by atoms with E-state index >= 15 is 0 Å². The maximum atomic E-state index is 13.3. The third kappa shape index (κ3) is 5.70. The van der Waals surface area contributed by atoms with Crippen LogP contribution in [0.2, 0.25) is 0 Å². The number of carbonyl (C=O) groups is 1. The Balaban J connectivity index is 1.65. The number of fused-ring (bicyclic) bond motifs is 1. The summed E-state index contributed by atoms with van der Waals surface area (Å²) in [6.07, 6.45) is 3.67. The molecule has 0 fully saturated rings. The van der Waals surface area contributed by atoms with Gasteiger partial charge in [-0.25, -0.2) is 9.18 Å². The summed E-state index contributed by atoms with van der Waals surface area (Å²) >= 11 is 1.28. The fraction of sp³-hybridized carbons (Fsp3) is 0.500. The number of hydrogen-bond acceptors (Lipinski definition) is 5. The molecule has 1 N–H and O–H groups in total. The molecule has 3 rings (SSSR count). The average molecular weight is 433 g/mol. The summed E-state index contributed by atoms with van der Waals surface area (Å²) in [4.78, 5) is 31.6. The maximum absolute atomic E-state index is 13.3. The lowest BCUT2D eigenvalue weighted by molar-refractivity contribution is -0.113. The zero-order valence-electron chi connectivity index (χ0n) is 17.6. The number of anilines is 1. The summed E-state index contributed by atoms with van der Waals surface area (Å²) < 4.78 is 15.1. The molecule has 0 atom stereocenters. The molecular weight excluding hydrogens is 403 g/mol. The molecule has 0 unspecified atom stereocenters. The molecule has 1 aliphatic rings. The Morgan fingerprint density at radius 1 is 1.30 bits per heavy atom. The van der Waals surface area contributed by atoms with Crippen LogP contribution >= 0.6 is 11.8 Å². The quantitative estimate of drug-likeness (QED) is 0.461. The van der Waals surface area contributed by atoms with Crippen LogP contribution in [0.5, 0.6) is 0 Å². The van der Waals surface area contributed by atoms with Crippen LogP contribution in [-0.4, -0.2) is 45.7 Å². The molecule has 0 aliphatic heterocycles. The number of hydrogen-bond donors (Lipinski definition) is 1. The van der Waals surface area contributed by atoms with Gasteiger partial charge in [0.2, 0.25) is 5.91 Å². The minimum Gasteiger partial charge on any atom is -0.325 e. The topological polar surface area (TPSA) is 67.2 Å². The largest absolute Gasteiger partial charge is 0.348 e. The summed E-state index contributed by atoms with van der Waals surface area (Å²) in [5, 5.41) is 3.34. The highest BCUT2D eigenvalue weighted by Crippen LogP contribution is 2.29. The molecule has 1 aliphatic carbocycles. The van der Waals surface area contributed by atoms with E-state index in [1.54, 1.807) is 12.1 Å². The fourth-order valence-corrected chi connectivity index (χ4v) is 4.70. The van der Waals surface area contributed by atoms with Crippen LogP contribution < -0.4 is 11.0 Å². The van der Waals surface area contributed by atoms with E-state index in [0.717, 1.165) is 56.6 Å². The van der Waals surface area contributed by atoms with Crippen LogP contribution in [0.1, 0.15) is 37.9 Å². The Bertz CT molecular complexity index is 943. The van der Waals surface area contributed by atoms with Gasteiger partial charge in [0.1, 0.15) is 10.8 Å². The highest BCUT2D eigenvalue weighted by molar-refractivity contribution is 8.00. The predicted octanol–water partition coefficient (Wildman–Crippen LogP) is 3.33. The number of amides is 1. The third-order valence-electron chi connectivity index (χ3n) is 5.40. The Labute approximate surface area is 180 Å². The third-order valence-corrected chi connectivity index (χ3v) is 6.42. The molecule has 0 saturated carbocycles. The lowest BCUT2D eigenvalue weighted by Gasteiger charge is -2.19. The molecule has 162 valence electrons. The van der Waals surface area contributed by atoms with Gasteiger partial charge in [0.25, 0.3) is 0 Å². The summed E-state index contributed by atoms with van der Waals surface area (Å²) in [6.45, 7) is 7.95. The number of nitrogens with one attached hydrogen (secondary N) is 1. The van der Waals surface area contributed by atoms with Crippen molar-refractivity contribution in [2.24, 2.45) is 0 Å². The molecule has 0 spiro atoms. The normalized spacial score (nSPS) is 12.9. The van der Waals surface area contributed by atoms with Crippen molar-refractivity contribution in [3.63, 3.8) is 0 Å². The SMILES string of the molecule is CCN(CC)CCCn1c2c(c(SCC(=O)Nc3cccc(F)c3)nc1=O)CCC2. The number of rotatable bonds is 10. The van der Waals surface area contributed by atoms with Gasteiger partial charge in [0.15, 0.2) is 0 Å². The van der Waals surface area contributed by atoms with Crippen molar-refractivity contribution in [1.29, 1.82) is 0 Å². The van der Waals surface area contributed by atoms with Crippen LogP contribution in [0.4, 0.5) is 10.1 Å². The van der Waals surface area contributed by atoms with E-state index in [1.165, 1.54) is 23.9 Å². The zero-order valence-corrected chi connectivity index (χ0v) is 18.4. The number of halogens is 1. The van der Waals surface area contributed by atoms with Gasteiger partial charge in [0.05, 0.1) is 5.75 Å². The minimum absolute atomic E-state index is 0.126. The minimum atomic E-state index is -0.399. The molecule has 30 heavy (non-hydrogen) atoms. The molecule has 1 aromatic carbocycles. The van der Waals surface area contributed by atoms with Gasteiger partial charge in [-0.1, -0.05) is 31.7 Å². The van der Waals surface area contributed by atoms with E-state index < -0.39 is 5.82 Å². The highest BCUT2D eigenvalue weighted by atomic mass is 32.2. The first-order valence-electron chi connectivity index (χ1n) is 10.5. The van der Waals surface area contributed by atoms with Crippen LogP contribution in [0.15, 0.2) is 34.1 Å². The molecule has 8 heteroatoms. The maximum Gasteiger partial charge on any atom is 0.348 e. The van der Waals surface area contributed by atoms with Gasteiger partial charge in [-0.05, 0) is 63.5 Å². The Morgan fingerprint density at radius 2 is 2.10 bits per heavy atom. The smallest absolute Gasteiger partial charge is 0.325 e. The van der Waals surface area contributed by atoms with Gasteiger partial charge in [-0.15, -0.1) is 0 Å². The Hall–Kier alpha value is -2.19. The van der Waals surface area contributed by atoms with Gasteiger partial charge >= 0.3 is 5.69 Å². The number of thioether (sulfide) groups is 1. The first-order valence-corrected chi connectivity index (χ1v) is 11.5. The molecule has 1 amide bonds.